The Morgan fingerprint density at radius 2 is 1.71 bits per heavy atom. The molecule has 1 atom stereocenters. The predicted molar refractivity (Wildman–Crippen MR) is 147 cm³/mol. The van der Waals surface area contributed by atoms with Crippen LogP contribution in [0.2, 0.25) is 0 Å². The fraction of sp³-hybridized carbons (Fsp3) is 0.233. The number of aliphatic hydroxyl groups excluding tert-OH is 1. The van der Waals surface area contributed by atoms with E-state index in [0.29, 0.717) is 22.6 Å². The number of halogens is 1. The Labute approximate surface area is 221 Å². The second kappa shape index (κ2) is 11.8. The molecule has 1 unspecified atom stereocenters. The van der Waals surface area contributed by atoms with Crippen LogP contribution in [-0.2, 0) is 0 Å². The van der Waals surface area contributed by atoms with Gasteiger partial charge in [-0.2, -0.15) is 4.98 Å². The van der Waals surface area contributed by atoms with Crippen molar-refractivity contribution in [3.05, 3.63) is 102 Å². The maximum Gasteiger partial charge on any atom is 0.256 e. The lowest BCUT2D eigenvalue weighted by Crippen LogP contribution is -2.33. The van der Waals surface area contributed by atoms with Crippen molar-refractivity contribution in [1.29, 1.82) is 0 Å². The highest BCUT2D eigenvalue weighted by Crippen LogP contribution is 2.28. The molecule has 0 aliphatic heterocycles. The fourth-order valence-corrected chi connectivity index (χ4v) is 4.71. The van der Waals surface area contributed by atoms with Crippen molar-refractivity contribution in [2.45, 2.75) is 37.8 Å². The maximum atomic E-state index is 14.6. The van der Waals surface area contributed by atoms with Crippen molar-refractivity contribution >= 4 is 23.4 Å². The topological polar surface area (TPSA) is 99.2 Å². The molecule has 0 spiro atoms. The first kappa shape index (κ1) is 25.4. The van der Waals surface area contributed by atoms with Gasteiger partial charge in [-0.3, -0.25) is 4.79 Å². The number of aliphatic hydroxyl groups is 1. The minimum atomic E-state index is -0.479. The number of rotatable bonds is 9. The summed E-state index contributed by atoms with van der Waals surface area (Å²) in [5.74, 6) is -0.0620. The van der Waals surface area contributed by atoms with Crippen molar-refractivity contribution < 1.29 is 14.3 Å². The smallest absolute Gasteiger partial charge is 0.256 e. The zero-order valence-corrected chi connectivity index (χ0v) is 20.9. The van der Waals surface area contributed by atoms with E-state index in [-0.39, 0.29) is 30.3 Å². The molecule has 1 amide bonds. The van der Waals surface area contributed by atoms with Crippen molar-refractivity contribution in [1.82, 2.24) is 15.3 Å². The number of carbonyl (C=O) groups is 1. The van der Waals surface area contributed by atoms with Gasteiger partial charge in [0, 0.05) is 23.5 Å². The van der Waals surface area contributed by atoms with Crippen molar-refractivity contribution in [3.63, 3.8) is 0 Å². The van der Waals surface area contributed by atoms with E-state index in [4.69, 9.17) is 0 Å². The Kier molecular flexibility index (Phi) is 7.89. The number of carbonyl (C=O) groups excluding carboxylic acids is 1. The molecule has 1 aromatic heterocycles. The van der Waals surface area contributed by atoms with Gasteiger partial charge < -0.3 is 21.1 Å². The molecule has 194 valence electrons. The van der Waals surface area contributed by atoms with Crippen LogP contribution in [0.25, 0.3) is 11.1 Å². The molecule has 1 fully saturated rings. The summed E-state index contributed by atoms with van der Waals surface area (Å²) in [6.45, 7) is -0.196. The molecule has 5 rings (SSSR count). The van der Waals surface area contributed by atoms with Crippen LogP contribution in [0.3, 0.4) is 0 Å². The van der Waals surface area contributed by atoms with Gasteiger partial charge in [-0.15, -0.1) is 0 Å². The Morgan fingerprint density at radius 1 is 1.00 bits per heavy atom. The average Bonchev–Trinajstić information content (AvgIpc) is 3.47. The summed E-state index contributed by atoms with van der Waals surface area (Å²) in [4.78, 5) is 22.2. The number of hydrogen-bond acceptors (Lipinski definition) is 6. The van der Waals surface area contributed by atoms with E-state index < -0.39 is 6.04 Å². The van der Waals surface area contributed by atoms with Crippen LogP contribution < -0.4 is 16.0 Å². The lowest BCUT2D eigenvalue weighted by atomic mass is 10.0. The van der Waals surface area contributed by atoms with Crippen LogP contribution in [0.5, 0.6) is 0 Å². The van der Waals surface area contributed by atoms with Crippen LogP contribution in [0.4, 0.5) is 21.8 Å². The number of hydrogen-bond donors (Lipinski definition) is 4. The van der Waals surface area contributed by atoms with Gasteiger partial charge in [0.25, 0.3) is 5.91 Å². The fourth-order valence-electron chi connectivity index (χ4n) is 4.71. The zero-order chi connectivity index (χ0) is 26.3. The highest BCUT2D eigenvalue weighted by atomic mass is 19.1. The highest BCUT2D eigenvalue weighted by Gasteiger charge is 2.23. The Balaban J connectivity index is 1.45. The van der Waals surface area contributed by atoms with Gasteiger partial charge in [0.2, 0.25) is 5.95 Å². The van der Waals surface area contributed by atoms with Crippen molar-refractivity contribution in [3.8, 4) is 11.1 Å². The second-order valence-corrected chi connectivity index (χ2v) is 9.39. The molecule has 1 saturated carbocycles. The van der Waals surface area contributed by atoms with Gasteiger partial charge in [-0.25, -0.2) is 9.37 Å². The molecule has 1 aliphatic carbocycles. The molecule has 1 heterocycles. The summed E-state index contributed by atoms with van der Waals surface area (Å²) in [6.07, 6.45) is 5.57. The lowest BCUT2D eigenvalue weighted by molar-refractivity contribution is 0.0938. The molecule has 7 nitrogen and oxygen atoms in total. The third-order valence-corrected chi connectivity index (χ3v) is 6.73. The van der Waals surface area contributed by atoms with Crippen LogP contribution in [0.15, 0.2) is 85.1 Å². The molecule has 0 saturated heterocycles. The average molecular weight is 512 g/mol. The van der Waals surface area contributed by atoms with Gasteiger partial charge in [-0.1, -0.05) is 73.5 Å². The number of nitrogens with one attached hydrogen (secondary N) is 3. The summed E-state index contributed by atoms with van der Waals surface area (Å²) < 4.78 is 14.6. The lowest BCUT2D eigenvalue weighted by Gasteiger charge is -2.20. The van der Waals surface area contributed by atoms with E-state index in [1.807, 2.05) is 60.7 Å². The normalized spacial score (nSPS) is 14.2. The molecule has 0 bridgehead atoms. The Bertz CT molecular complexity index is 1380. The van der Waals surface area contributed by atoms with Crippen LogP contribution in [-0.4, -0.2) is 33.6 Å². The zero-order valence-electron chi connectivity index (χ0n) is 20.9. The molecule has 4 aromatic rings. The number of benzene rings is 3. The van der Waals surface area contributed by atoms with E-state index in [2.05, 4.69) is 25.9 Å². The number of aromatic nitrogens is 2. The van der Waals surface area contributed by atoms with Gasteiger partial charge in [0.1, 0.15) is 17.2 Å². The number of amides is 1. The minimum Gasteiger partial charge on any atom is -0.394 e. The van der Waals surface area contributed by atoms with Crippen LogP contribution in [0.1, 0.15) is 47.6 Å². The van der Waals surface area contributed by atoms with Gasteiger partial charge >= 0.3 is 0 Å². The second-order valence-electron chi connectivity index (χ2n) is 9.39. The van der Waals surface area contributed by atoms with E-state index in [1.54, 1.807) is 12.1 Å². The van der Waals surface area contributed by atoms with Crippen molar-refractivity contribution in [2.24, 2.45) is 0 Å². The third-order valence-electron chi connectivity index (χ3n) is 6.73. The third kappa shape index (κ3) is 5.98. The molecule has 3 aromatic carbocycles. The number of anilines is 3. The monoisotopic (exact) mass is 511 g/mol. The molecule has 4 N–H and O–H groups in total. The molecule has 38 heavy (non-hydrogen) atoms. The molecule has 1 aliphatic rings. The first-order valence-corrected chi connectivity index (χ1v) is 12.8. The van der Waals surface area contributed by atoms with Crippen LogP contribution >= 0.6 is 0 Å². The predicted octanol–water partition coefficient (Wildman–Crippen LogP) is 5.84. The van der Waals surface area contributed by atoms with Gasteiger partial charge in [-0.05, 0) is 42.2 Å². The SMILES string of the molecule is O=C(NC1CCCC1)c1cnc(Nc2ccc(F)c(-c3ccccc3)c2)nc1NC(CO)c1ccccc1. The standard InChI is InChI=1S/C30H30FN5O2/c31-26-16-15-23(17-24(26)20-9-3-1-4-10-20)34-30-32-18-25(29(38)33-22-13-7-8-14-22)28(36-30)35-27(19-37)21-11-5-2-6-12-21/h1-6,9-12,15-18,22,27,37H,7-8,13-14,19H2,(H,33,38)(H2,32,34,35,36). The quantitative estimate of drug-likeness (QED) is 0.225. The Hall–Kier alpha value is -4.30. The maximum absolute atomic E-state index is 14.6. The van der Waals surface area contributed by atoms with E-state index in [0.717, 1.165) is 36.8 Å². The Morgan fingerprint density at radius 3 is 2.42 bits per heavy atom. The largest absolute Gasteiger partial charge is 0.394 e. The summed E-state index contributed by atoms with van der Waals surface area (Å²) in [5, 5.41) is 19.6. The van der Waals surface area contributed by atoms with E-state index in [1.165, 1.54) is 12.3 Å². The molecule has 0 radical (unpaired) electrons. The van der Waals surface area contributed by atoms with E-state index >= 15 is 0 Å². The molecular formula is C30H30FN5O2. The number of nitrogens with zero attached hydrogens (tertiary/aromatic N) is 2. The minimum absolute atomic E-state index is 0.131. The van der Waals surface area contributed by atoms with Crippen LogP contribution in [0, 0.1) is 5.82 Å². The van der Waals surface area contributed by atoms with Gasteiger partial charge in [0.15, 0.2) is 0 Å². The summed E-state index contributed by atoms with van der Waals surface area (Å²) >= 11 is 0. The van der Waals surface area contributed by atoms with Gasteiger partial charge in [0.05, 0.1) is 12.6 Å². The van der Waals surface area contributed by atoms with Crippen molar-refractivity contribution in [2.75, 3.05) is 17.2 Å². The molecular weight excluding hydrogens is 481 g/mol. The highest BCUT2D eigenvalue weighted by molar-refractivity contribution is 5.99. The first-order valence-electron chi connectivity index (χ1n) is 12.8. The molecule has 8 heteroatoms. The summed E-state index contributed by atoms with van der Waals surface area (Å²) in [5.41, 5.74) is 2.95. The first-order chi connectivity index (χ1) is 18.6. The summed E-state index contributed by atoms with van der Waals surface area (Å²) in [6, 6.07) is 23.1. The van der Waals surface area contributed by atoms with E-state index in [9.17, 15) is 14.3 Å². The summed E-state index contributed by atoms with van der Waals surface area (Å²) in [7, 11) is 0.